The van der Waals surface area contributed by atoms with Crippen LogP contribution in [0, 0.1) is 22.8 Å². The van der Waals surface area contributed by atoms with Crippen molar-refractivity contribution in [2.45, 2.75) is 25.8 Å². The Morgan fingerprint density at radius 2 is 2.04 bits per heavy atom. The molecule has 3 rings (SSSR count). The molecule has 2 aromatic rings. The predicted octanol–water partition coefficient (Wildman–Crippen LogP) is 2.54. The zero-order valence-corrected chi connectivity index (χ0v) is 15.8. The standard InChI is InChI=1S/C18H17ClN8O/c1-7(2)8-3-9(15(28)11(19)4-8)14-12-13(22)10(5-20)16(23)26-17(12)27-18(25-14)24-6-21/h3-4,7,14,28H,1-2H3,(H6,22,23,24,25,26,27). The normalized spacial score (nSPS) is 15.1. The molecule has 1 atom stereocenters. The van der Waals surface area contributed by atoms with Crippen LogP contribution in [0.2, 0.25) is 5.02 Å². The molecule has 0 fully saturated rings. The molecule has 0 amide bonds. The zero-order chi connectivity index (χ0) is 20.6. The number of nitrogen functional groups attached to an aromatic ring is 2. The van der Waals surface area contributed by atoms with E-state index in [9.17, 15) is 10.4 Å². The molecule has 0 spiro atoms. The van der Waals surface area contributed by atoms with Crippen LogP contribution in [-0.4, -0.2) is 16.1 Å². The number of aliphatic imine (C=N–C) groups is 1. The number of hydrogen-bond acceptors (Lipinski definition) is 9. The van der Waals surface area contributed by atoms with Gasteiger partial charge in [0.25, 0.3) is 0 Å². The van der Waals surface area contributed by atoms with E-state index < -0.39 is 6.04 Å². The van der Waals surface area contributed by atoms with E-state index in [-0.39, 0.29) is 45.5 Å². The van der Waals surface area contributed by atoms with Crippen LogP contribution >= 0.6 is 11.6 Å². The number of aromatic hydroxyl groups is 1. The molecular weight excluding hydrogens is 380 g/mol. The van der Waals surface area contributed by atoms with Crippen molar-refractivity contribution in [3.63, 3.8) is 0 Å². The average molecular weight is 397 g/mol. The van der Waals surface area contributed by atoms with E-state index >= 15 is 0 Å². The lowest BCUT2D eigenvalue weighted by atomic mass is 9.91. The molecule has 7 N–H and O–H groups in total. The van der Waals surface area contributed by atoms with Crippen LogP contribution in [0.25, 0.3) is 0 Å². The number of fused-ring (bicyclic) bond motifs is 1. The molecule has 0 saturated heterocycles. The van der Waals surface area contributed by atoms with Crippen LogP contribution in [-0.2, 0) is 0 Å². The first-order valence-corrected chi connectivity index (χ1v) is 8.67. The lowest BCUT2D eigenvalue weighted by Gasteiger charge is -2.27. The monoisotopic (exact) mass is 396 g/mol. The third kappa shape index (κ3) is 3.08. The summed E-state index contributed by atoms with van der Waals surface area (Å²) in [6.45, 7) is 3.97. The molecule has 10 heteroatoms. The number of halogens is 1. The second-order valence-corrected chi connectivity index (χ2v) is 6.90. The van der Waals surface area contributed by atoms with E-state index in [0.717, 1.165) is 5.56 Å². The highest BCUT2D eigenvalue weighted by molar-refractivity contribution is 6.32. The number of guanidine groups is 1. The second-order valence-electron chi connectivity index (χ2n) is 6.50. The van der Waals surface area contributed by atoms with Crippen LogP contribution < -0.4 is 22.1 Å². The molecular formula is C18H17ClN8O. The van der Waals surface area contributed by atoms with Gasteiger partial charge < -0.3 is 21.9 Å². The van der Waals surface area contributed by atoms with Gasteiger partial charge in [0.1, 0.15) is 35.1 Å². The summed E-state index contributed by atoms with van der Waals surface area (Å²) >= 11 is 6.23. The number of aromatic nitrogens is 1. The van der Waals surface area contributed by atoms with Crippen molar-refractivity contribution < 1.29 is 5.11 Å². The molecule has 1 aromatic heterocycles. The SMILES string of the molecule is CC(C)c1cc(Cl)c(O)c(C2N=C(NC#N)Nc3nc(N)c(C#N)c(N)c32)c1. The van der Waals surface area contributed by atoms with Gasteiger partial charge in [-0.15, -0.1) is 0 Å². The van der Waals surface area contributed by atoms with Crippen molar-refractivity contribution in [1.82, 2.24) is 10.3 Å². The molecule has 9 nitrogen and oxygen atoms in total. The summed E-state index contributed by atoms with van der Waals surface area (Å²) in [5, 5.41) is 34.3. The number of nitrogens with zero attached hydrogens (tertiary/aromatic N) is 4. The number of nitrogens with one attached hydrogen (secondary N) is 2. The van der Waals surface area contributed by atoms with Gasteiger partial charge in [-0.3, -0.25) is 5.32 Å². The second kappa shape index (κ2) is 7.14. The van der Waals surface area contributed by atoms with Gasteiger partial charge in [-0.2, -0.15) is 10.5 Å². The number of phenols is 1. The minimum Gasteiger partial charge on any atom is -0.506 e. The van der Waals surface area contributed by atoms with Crippen LogP contribution in [0.4, 0.5) is 17.3 Å². The summed E-state index contributed by atoms with van der Waals surface area (Å²) in [5.74, 6) is 0.245. The minimum atomic E-state index is -0.858. The fourth-order valence-corrected chi connectivity index (χ4v) is 3.22. The molecule has 2 heterocycles. The summed E-state index contributed by atoms with van der Waals surface area (Å²) < 4.78 is 0. The van der Waals surface area contributed by atoms with Gasteiger partial charge in [0.15, 0.2) is 6.19 Å². The Hall–Kier alpha value is -3.69. The molecule has 1 aliphatic rings. The first kappa shape index (κ1) is 19.1. The van der Waals surface area contributed by atoms with Gasteiger partial charge in [0.05, 0.1) is 10.7 Å². The fourth-order valence-electron chi connectivity index (χ4n) is 2.99. The van der Waals surface area contributed by atoms with Gasteiger partial charge in [-0.25, -0.2) is 9.98 Å². The van der Waals surface area contributed by atoms with E-state index in [2.05, 4.69) is 20.6 Å². The number of nitrogens with two attached hydrogens (primary N) is 2. The predicted molar refractivity (Wildman–Crippen MR) is 107 cm³/mol. The molecule has 1 aromatic carbocycles. The summed E-state index contributed by atoms with van der Waals surface area (Å²) in [5.41, 5.74) is 13.7. The third-order valence-electron chi connectivity index (χ3n) is 4.43. The summed E-state index contributed by atoms with van der Waals surface area (Å²) in [7, 11) is 0. The first-order chi connectivity index (χ1) is 13.3. The maximum absolute atomic E-state index is 10.6. The number of anilines is 3. The van der Waals surface area contributed by atoms with Crippen LogP contribution in [0.3, 0.4) is 0 Å². The Bertz CT molecular complexity index is 1080. The van der Waals surface area contributed by atoms with E-state index in [4.69, 9.17) is 28.3 Å². The first-order valence-electron chi connectivity index (χ1n) is 8.29. The van der Waals surface area contributed by atoms with Gasteiger partial charge in [-0.1, -0.05) is 25.4 Å². The Morgan fingerprint density at radius 1 is 1.32 bits per heavy atom. The Balaban J connectivity index is 2.33. The Kier molecular flexibility index (Phi) is 4.87. The highest BCUT2D eigenvalue weighted by atomic mass is 35.5. The number of phenolic OH excluding ortho intramolecular Hbond substituents is 1. The van der Waals surface area contributed by atoms with Gasteiger partial charge in [0.2, 0.25) is 5.96 Å². The number of pyridine rings is 1. The third-order valence-corrected chi connectivity index (χ3v) is 4.72. The van der Waals surface area contributed by atoms with E-state index in [0.29, 0.717) is 11.1 Å². The molecule has 1 aliphatic heterocycles. The summed E-state index contributed by atoms with van der Waals surface area (Å²) in [6.07, 6.45) is 1.77. The van der Waals surface area contributed by atoms with E-state index in [1.165, 1.54) is 0 Å². The molecule has 28 heavy (non-hydrogen) atoms. The van der Waals surface area contributed by atoms with Crippen LogP contribution in [0.5, 0.6) is 5.75 Å². The maximum atomic E-state index is 10.6. The van der Waals surface area contributed by atoms with Gasteiger partial charge in [0, 0.05) is 11.1 Å². The van der Waals surface area contributed by atoms with Gasteiger partial charge >= 0.3 is 0 Å². The molecule has 0 aliphatic carbocycles. The van der Waals surface area contributed by atoms with E-state index in [1.54, 1.807) is 18.3 Å². The molecule has 142 valence electrons. The van der Waals surface area contributed by atoms with Crippen LogP contribution in [0.15, 0.2) is 17.1 Å². The average Bonchev–Trinajstić information content (AvgIpc) is 2.63. The quantitative estimate of drug-likeness (QED) is 0.380. The highest BCUT2D eigenvalue weighted by Crippen LogP contribution is 2.45. The van der Waals surface area contributed by atoms with Crippen molar-refractivity contribution >= 4 is 34.9 Å². The molecule has 0 bridgehead atoms. The minimum absolute atomic E-state index is 0.0167. The number of nitriles is 2. The Labute approximate surface area is 166 Å². The van der Waals surface area contributed by atoms with Crippen molar-refractivity contribution in [3.8, 4) is 18.0 Å². The molecule has 0 saturated carbocycles. The Morgan fingerprint density at radius 3 is 2.64 bits per heavy atom. The highest BCUT2D eigenvalue weighted by Gasteiger charge is 2.32. The summed E-state index contributed by atoms with van der Waals surface area (Å²) in [6, 6.07) is 4.52. The number of benzene rings is 1. The maximum Gasteiger partial charge on any atom is 0.211 e. The molecule has 1 unspecified atom stereocenters. The largest absolute Gasteiger partial charge is 0.506 e. The van der Waals surface area contributed by atoms with Crippen molar-refractivity contribution in [1.29, 1.82) is 10.5 Å². The smallest absolute Gasteiger partial charge is 0.211 e. The molecule has 0 radical (unpaired) electrons. The zero-order valence-electron chi connectivity index (χ0n) is 15.1. The lowest BCUT2D eigenvalue weighted by Crippen LogP contribution is -2.32. The van der Waals surface area contributed by atoms with Crippen molar-refractivity contribution in [2.75, 3.05) is 16.8 Å². The fraction of sp³-hybridized carbons (Fsp3) is 0.222. The number of hydrogen-bond donors (Lipinski definition) is 5. The van der Waals surface area contributed by atoms with Crippen molar-refractivity contribution in [3.05, 3.63) is 39.4 Å². The lowest BCUT2D eigenvalue weighted by molar-refractivity contribution is 0.465. The van der Waals surface area contributed by atoms with Crippen LogP contribution in [0.1, 0.15) is 48.1 Å². The van der Waals surface area contributed by atoms with Gasteiger partial charge in [-0.05, 0) is 23.6 Å². The van der Waals surface area contributed by atoms with E-state index in [1.807, 2.05) is 19.9 Å². The topological polar surface area (TPSA) is 169 Å². The summed E-state index contributed by atoms with van der Waals surface area (Å²) in [4.78, 5) is 8.62. The van der Waals surface area contributed by atoms with Crippen molar-refractivity contribution in [2.24, 2.45) is 4.99 Å². The number of rotatable bonds is 2.